The lowest BCUT2D eigenvalue weighted by Crippen LogP contribution is -2.41. The lowest BCUT2D eigenvalue weighted by Gasteiger charge is -2.45. The average molecular weight is 331 g/mol. The minimum atomic E-state index is -0.235. The van der Waals surface area contributed by atoms with Gasteiger partial charge in [-0.25, -0.2) is 0 Å². The number of hydrogen-bond acceptors (Lipinski definition) is 2. The number of carbonyl (C=O) groups is 2. The fourth-order valence-electron chi connectivity index (χ4n) is 5.28. The van der Waals surface area contributed by atoms with Crippen LogP contribution in [0.4, 0.5) is 0 Å². The van der Waals surface area contributed by atoms with Crippen LogP contribution in [0.15, 0.2) is 48.5 Å². The van der Waals surface area contributed by atoms with Gasteiger partial charge in [0.25, 0.3) is 0 Å². The fraction of sp³-hybridized carbons (Fsp3) is 0.364. The summed E-state index contributed by atoms with van der Waals surface area (Å²) in [7, 11) is 0. The van der Waals surface area contributed by atoms with Gasteiger partial charge in [0, 0.05) is 18.4 Å². The molecule has 0 N–H and O–H groups in total. The summed E-state index contributed by atoms with van der Waals surface area (Å²) in [5.41, 5.74) is 4.94. The molecule has 3 aliphatic carbocycles. The molecule has 0 aromatic heterocycles. The molecule has 2 aromatic rings. The summed E-state index contributed by atoms with van der Waals surface area (Å²) in [6.45, 7) is 4.64. The summed E-state index contributed by atoms with van der Waals surface area (Å²) in [4.78, 5) is 27.9. The van der Waals surface area contributed by atoms with Crippen molar-refractivity contribution in [2.75, 3.05) is 6.54 Å². The molecule has 0 spiro atoms. The van der Waals surface area contributed by atoms with Crippen LogP contribution in [0.25, 0.3) is 0 Å². The number of rotatable bonds is 2. The van der Waals surface area contributed by atoms with E-state index < -0.39 is 0 Å². The summed E-state index contributed by atoms with van der Waals surface area (Å²) in [5, 5.41) is 0. The van der Waals surface area contributed by atoms with Crippen molar-refractivity contribution >= 4 is 11.8 Å². The van der Waals surface area contributed by atoms with Gasteiger partial charge in [-0.15, -0.1) is 0 Å². The van der Waals surface area contributed by atoms with Crippen LogP contribution in [0, 0.1) is 17.8 Å². The molecule has 1 aliphatic heterocycles. The van der Waals surface area contributed by atoms with Gasteiger partial charge in [-0.1, -0.05) is 62.4 Å². The summed E-state index contributed by atoms with van der Waals surface area (Å²) in [5.74, 6) is -0.102. The Morgan fingerprint density at radius 3 is 1.44 bits per heavy atom. The van der Waals surface area contributed by atoms with Crippen LogP contribution in [0.5, 0.6) is 0 Å². The Labute approximate surface area is 147 Å². The van der Waals surface area contributed by atoms with Gasteiger partial charge in [0.1, 0.15) is 0 Å². The van der Waals surface area contributed by atoms with Gasteiger partial charge in [-0.3, -0.25) is 14.5 Å². The molecule has 126 valence electrons. The normalized spacial score (nSPS) is 29.0. The van der Waals surface area contributed by atoms with Crippen molar-refractivity contribution in [3.63, 3.8) is 0 Å². The van der Waals surface area contributed by atoms with E-state index in [0.717, 1.165) is 0 Å². The molecule has 1 heterocycles. The number of imide groups is 1. The Morgan fingerprint density at radius 1 is 0.760 bits per heavy atom. The van der Waals surface area contributed by atoms with E-state index >= 15 is 0 Å². The smallest absolute Gasteiger partial charge is 0.234 e. The number of amides is 2. The van der Waals surface area contributed by atoms with E-state index in [0.29, 0.717) is 6.54 Å². The third-order valence-electron chi connectivity index (χ3n) is 6.09. The predicted molar refractivity (Wildman–Crippen MR) is 95.1 cm³/mol. The van der Waals surface area contributed by atoms with Crippen LogP contribution in [0.3, 0.4) is 0 Å². The SMILES string of the molecule is CC(C)CN1C(=O)[C@@H]2C3c4ccccc4C(c4ccccc43)[C@@H]2C1=O. The van der Waals surface area contributed by atoms with Crippen LogP contribution >= 0.6 is 0 Å². The second kappa shape index (κ2) is 5.04. The molecule has 0 unspecified atom stereocenters. The standard InChI is InChI=1S/C22H21NO2/c1-12(2)11-23-21(24)19-17-13-7-3-4-8-14(13)18(20(19)22(23)25)16-10-6-5-9-15(16)17/h3-10,12,17-20H,11H2,1-2H3/t17?,18?,19-,20+. The fourth-order valence-corrected chi connectivity index (χ4v) is 5.28. The lowest BCUT2D eigenvalue weighted by molar-refractivity contribution is -0.140. The van der Waals surface area contributed by atoms with Crippen molar-refractivity contribution in [1.29, 1.82) is 0 Å². The summed E-state index contributed by atoms with van der Waals surface area (Å²) in [6.07, 6.45) is 0. The number of likely N-dealkylation sites (tertiary alicyclic amines) is 1. The number of carbonyl (C=O) groups excluding carboxylic acids is 2. The van der Waals surface area contributed by atoms with Gasteiger partial charge in [0.2, 0.25) is 11.8 Å². The lowest BCUT2D eigenvalue weighted by atomic mass is 9.55. The molecule has 2 atom stereocenters. The average Bonchev–Trinajstić information content (AvgIpc) is 2.87. The van der Waals surface area contributed by atoms with E-state index in [-0.39, 0.29) is 41.4 Å². The zero-order valence-corrected chi connectivity index (χ0v) is 14.5. The zero-order valence-electron chi connectivity index (χ0n) is 14.5. The second-order valence-corrected chi connectivity index (χ2v) is 7.95. The molecule has 3 nitrogen and oxygen atoms in total. The van der Waals surface area contributed by atoms with Crippen molar-refractivity contribution in [1.82, 2.24) is 4.90 Å². The highest BCUT2D eigenvalue weighted by atomic mass is 16.2. The molecule has 3 heteroatoms. The molecule has 1 saturated heterocycles. The molecule has 0 radical (unpaired) electrons. The minimum absolute atomic E-state index is 0.0102. The first-order valence-corrected chi connectivity index (χ1v) is 9.12. The van der Waals surface area contributed by atoms with Gasteiger partial charge in [-0.2, -0.15) is 0 Å². The molecule has 4 aliphatic rings. The molecule has 2 amide bonds. The van der Waals surface area contributed by atoms with E-state index in [9.17, 15) is 9.59 Å². The maximum absolute atomic E-state index is 13.2. The van der Waals surface area contributed by atoms with E-state index in [1.807, 2.05) is 24.3 Å². The zero-order chi connectivity index (χ0) is 17.3. The van der Waals surface area contributed by atoms with Crippen molar-refractivity contribution in [2.24, 2.45) is 17.8 Å². The van der Waals surface area contributed by atoms with E-state index in [4.69, 9.17) is 0 Å². The summed E-state index contributed by atoms with van der Waals surface area (Å²) in [6, 6.07) is 16.7. The number of benzene rings is 2. The van der Waals surface area contributed by atoms with Gasteiger partial charge >= 0.3 is 0 Å². The molecular formula is C22H21NO2. The maximum Gasteiger partial charge on any atom is 0.234 e. The first-order valence-electron chi connectivity index (χ1n) is 9.12. The first-order chi connectivity index (χ1) is 12.1. The van der Waals surface area contributed by atoms with Crippen molar-refractivity contribution in [3.8, 4) is 0 Å². The Balaban J connectivity index is 1.73. The van der Waals surface area contributed by atoms with Crippen LogP contribution in [-0.2, 0) is 9.59 Å². The predicted octanol–water partition coefficient (Wildman–Crippen LogP) is 3.53. The Morgan fingerprint density at radius 2 is 1.12 bits per heavy atom. The molecule has 1 fully saturated rings. The Kier molecular flexibility index (Phi) is 3.00. The highest BCUT2D eigenvalue weighted by Crippen LogP contribution is 2.60. The summed E-state index contributed by atoms with van der Waals surface area (Å²) < 4.78 is 0. The van der Waals surface area contributed by atoms with Crippen LogP contribution < -0.4 is 0 Å². The molecule has 2 bridgehead atoms. The highest BCUT2D eigenvalue weighted by Gasteiger charge is 2.61. The van der Waals surface area contributed by atoms with Gasteiger partial charge in [0.15, 0.2) is 0 Å². The molecule has 25 heavy (non-hydrogen) atoms. The molecule has 0 saturated carbocycles. The van der Waals surface area contributed by atoms with E-state index in [2.05, 4.69) is 38.1 Å². The van der Waals surface area contributed by atoms with Crippen molar-refractivity contribution < 1.29 is 9.59 Å². The van der Waals surface area contributed by atoms with Gasteiger partial charge < -0.3 is 0 Å². The monoisotopic (exact) mass is 331 g/mol. The Bertz CT molecular complexity index is 785. The van der Waals surface area contributed by atoms with Crippen LogP contribution in [-0.4, -0.2) is 23.3 Å². The van der Waals surface area contributed by atoms with Crippen LogP contribution in [0.1, 0.15) is 47.9 Å². The van der Waals surface area contributed by atoms with Crippen LogP contribution in [0.2, 0.25) is 0 Å². The largest absolute Gasteiger partial charge is 0.282 e. The molecular weight excluding hydrogens is 310 g/mol. The first kappa shape index (κ1) is 14.9. The van der Waals surface area contributed by atoms with Gasteiger partial charge in [-0.05, 0) is 28.2 Å². The molecule has 6 rings (SSSR count). The third kappa shape index (κ3) is 1.81. The summed E-state index contributed by atoms with van der Waals surface area (Å²) >= 11 is 0. The minimum Gasteiger partial charge on any atom is -0.282 e. The number of hydrogen-bond donors (Lipinski definition) is 0. The van der Waals surface area contributed by atoms with E-state index in [1.54, 1.807) is 0 Å². The Hall–Kier alpha value is -2.42. The number of nitrogens with zero attached hydrogens (tertiary/aromatic N) is 1. The third-order valence-corrected chi connectivity index (χ3v) is 6.09. The van der Waals surface area contributed by atoms with Crippen molar-refractivity contribution in [2.45, 2.75) is 25.7 Å². The van der Waals surface area contributed by atoms with E-state index in [1.165, 1.54) is 27.2 Å². The highest BCUT2D eigenvalue weighted by molar-refractivity contribution is 6.07. The molecule has 2 aromatic carbocycles. The quantitative estimate of drug-likeness (QED) is 0.790. The van der Waals surface area contributed by atoms with Crippen molar-refractivity contribution in [3.05, 3.63) is 70.8 Å². The maximum atomic E-state index is 13.2. The second-order valence-electron chi connectivity index (χ2n) is 7.95. The van der Waals surface area contributed by atoms with Gasteiger partial charge in [0.05, 0.1) is 11.8 Å². The topological polar surface area (TPSA) is 37.4 Å².